The van der Waals surface area contributed by atoms with Crippen molar-refractivity contribution in [1.29, 1.82) is 0 Å². The van der Waals surface area contributed by atoms with Crippen molar-refractivity contribution in [3.63, 3.8) is 0 Å². The quantitative estimate of drug-likeness (QED) is 0.451. The summed E-state index contributed by atoms with van der Waals surface area (Å²) >= 11 is 0. The summed E-state index contributed by atoms with van der Waals surface area (Å²) < 4.78 is 14.3. The van der Waals surface area contributed by atoms with E-state index in [1.165, 1.54) is 6.08 Å². The van der Waals surface area contributed by atoms with Crippen molar-refractivity contribution >= 4 is 17.9 Å². The Morgan fingerprint density at radius 1 is 1.24 bits per heavy atom. The molecule has 0 aliphatic carbocycles. The number of hydrogen-bond acceptors (Lipinski definition) is 6. The molecule has 0 amide bonds. The number of esters is 3. The van der Waals surface area contributed by atoms with Crippen molar-refractivity contribution in [1.82, 2.24) is 0 Å². The van der Waals surface area contributed by atoms with Gasteiger partial charge in [-0.1, -0.05) is 13.5 Å². The minimum absolute atomic E-state index is 0.00972. The van der Waals surface area contributed by atoms with E-state index < -0.39 is 0 Å². The van der Waals surface area contributed by atoms with Crippen LogP contribution in [0.3, 0.4) is 0 Å². The first kappa shape index (κ1) is 19.1. The SMILES string of the molecule is C=CC(=O)OC(C)CC.O=C1CCCCC(=O)OCCO1. The van der Waals surface area contributed by atoms with Crippen molar-refractivity contribution in [2.45, 2.75) is 52.1 Å². The second-order valence-corrected chi connectivity index (χ2v) is 4.51. The molecule has 1 saturated heterocycles. The van der Waals surface area contributed by atoms with Gasteiger partial charge in [0.15, 0.2) is 0 Å². The van der Waals surface area contributed by atoms with Gasteiger partial charge in [0.1, 0.15) is 13.2 Å². The van der Waals surface area contributed by atoms with Crippen molar-refractivity contribution < 1.29 is 28.6 Å². The van der Waals surface area contributed by atoms with Crippen LogP contribution in [0.25, 0.3) is 0 Å². The smallest absolute Gasteiger partial charge is 0.330 e. The van der Waals surface area contributed by atoms with Crippen LogP contribution < -0.4 is 0 Å². The van der Waals surface area contributed by atoms with E-state index in [0.29, 0.717) is 25.7 Å². The first-order valence-electron chi connectivity index (χ1n) is 7.13. The molecule has 0 aromatic heterocycles. The lowest BCUT2D eigenvalue weighted by atomic mass is 10.2. The molecule has 6 heteroatoms. The van der Waals surface area contributed by atoms with Gasteiger partial charge in [0.2, 0.25) is 0 Å². The molecule has 1 aliphatic heterocycles. The van der Waals surface area contributed by atoms with Crippen LogP contribution in [0, 0.1) is 0 Å². The van der Waals surface area contributed by atoms with Crippen LogP contribution >= 0.6 is 0 Å². The van der Waals surface area contributed by atoms with Gasteiger partial charge in [-0.2, -0.15) is 0 Å². The van der Waals surface area contributed by atoms with Crippen LogP contribution in [0.4, 0.5) is 0 Å². The Balaban J connectivity index is 0.000000400. The molecule has 0 spiro atoms. The van der Waals surface area contributed by atoms with Gasteiger partial charge in [-0.3, -0.25) is 9.59 Å². The Hall–Kier alpha value is -1.85. The monoisotopic (exact) mass is 300 g/mol. The molecule has 1 heterocycles. The molecule has 1 atom stereocenters. The van der Waals surface area contributed by atoms with E-state index in [1.807, 2.05) is 13.8 Å². The molecule has 21 heavy (non-hydrogen) atoms. The lowest BCUT2D eigenvalue weighted by Gasteiger charge is -2.08. The zero-order valence-corrected chi connectivity index (χ0v) is 12.8. The standard InChI is InChI=1S/C8H12O4.C7H12O2/c9-7-3-1-2-4-8(10)12-6-5-11-7;1-4-6(3)9-7(8)5-2/h1-6H2;5-6H,2,4H2,1,3H3. The van der Waals surface area contributed by atoms with E-state index in [4.69, 9.17) is 14.2 Å². The number of carbonyl (C=O) groups is 3. The fourth-order valence-corrected chi connectivity index (χ4v) is 1.32. The first-order chi connectivity index (χ1) is 9.99. The molecule has 1 fully saturated rings. The molecule has 120 valence electrons. The van der Waals surface area contributed by atoms with Gasteiger partial charge in [0.05, 0.1) is 6.10 Å². The van der Waals surface area contributed by atoms with Gasteiger partial charge in [0.25, 0.3) is 0 Å². The zero-order valence-electron chi connectivity index (χ0n) is 12.8. The molecule has 1 aliphatic rings. The van der Waals surface area contributed by atoms with Crippen LogP contribution in [0.1, 0.15) is 46.0 Å². The highest BCUT2D eigenvalue weighted by Crippen LogP contribution is 2.04. The highest BCUT2D eigenvalue weighted by atomic mass is 16.6. The Morgan fingerprint density at radius 2 is 1.71 bits per heavy atom. The molecule has 0 saturated carbocycles. The molecular formula is C15H24O6. The van der Waals surface area contributed by atoms with Gasteiger partial charge in [0, 0.05) is 18.9 Å². The molecule has 6 nitrogen and oxygen atoms in total. The highest BCUT2D eigenvalue weighted by molar-refractivity contribution is 5.81. The molecule has 1 rings (SSSR count). The normalized spacial score (nSPS) is 17.2. The van der Waals surface area contributed by atoms with Crippen molar-refractivity contribution in [3.8, 4) is 0 Å². The lowest BCUT2D eigenvalue weighted by molar-refractivity contribution is -0.153. The number of ether oxygens (including phenoxy) is 3. The predicted octanol–water partition coefficient (Wildman–Crippen LogP) is 2.16. The summed E-state index contributed by atoms with van der Waals surface area (Å²) in [5.41, 5.74) is 0. The second kappa shape index (κ2) is 11.9. The number of hydrogen-bond donors (Lipinski definition) is 0. The third-order valence-electron chi connectivity index (χ3n) is 2.68. The first-order valence-corrected chi connectivity index (χ1v) is 7.13. The Kier molecular flexibility index (Phi) is 10.9. The zero-order chi connectivity index (χ0) is 16.1. The summed E-state index contributed by atoms with van der Waals surface area (Å²) in [5.74, 6) is -0.745. The van der Waals surface area contributed by atoms with E-state index in [-0.39, 0.29) is 37.2 Å². The molecule has 0 aromatic carbocycles. The van der Waals surface area contributed by atoms with Crippen LogP contribution in [-0.4, -0.2) is 37.2 Å². The maximum Gasteiger partial charge on any atom is 0.330 e. The van der Waals surface area contributed by atoms with Crippen molar-refractivity contribution in [2.24, 2.45) is 0 Å². The molecular weight excluding hydrogens is 276 g/mol. The van der Waals surface area contributed by atoms with Crippen LogP contribution in [0.2, 0.25) is 0 Å². The van der Waals surface area contributed by atoms with Crippen LogP contribution in [0.15, 0.2) is 12.7 Å². The topological polar surface area (TPSA) is 78.9 Å². The van der Waals surface area contributed by atoms with E-state index in [2.05, 4.69) is 6.58 Å². The number of carbonyl (C=O) groups excluding carboxylic acids is 3. The van der Waals surface area contributed by atoms with Gasteiger partial charge in [-0.05, 0) is 26.2 Å². The maximum absolute atomic E-state index is 10.8. The molecule has 0 bridgehead atoms. The summed E-state index contributed by atoms with van der Waals surface area (Å²) in [6.45, 7) is 7.45. The van der Waals surface area contributed by atoms with Crippen molar-refractivity contribution in [2.75, 3.05) is 13.2 Å². The van der Waals surface area contributed by atoms with Crippen molar-refractivity contribution in [3.05, 3.63) is 12.7 Å². The van der Waals surface area contributed by atoms with E-state index >= 15 is 0 Å². The average molecular weight is 300 g/mol. The summed E-state index contributed by atoms with van der Waals surface area (Å²) in [6.07, 6.45) is 4.25. The minimum atomic E-state index is -0.343. The highest BCUT2D eigenvalue weighted by Gasteiger charge is 2.08. The third kappa shape index (κ3) is 11.7. The molecule has 0 aromatic rings. The minimum Gasteiger partial charge on any atom is -0.462 e. The number of rotatable bonds is 3. The predicted molar refractivity (Wildman–Crippen MR) is 76.4 cm³/mol. The summed E-state index contributed by atoms with van der Waals surface area (Å²) in [4.78, 5) is 32.1. The fourth-order valence-electron chi connectivity index (χ4n) is 1.32. The Labute approximate surface area is 125 Å². The summed E-state index contributed by atoms with van der Waals surface area (Å²) in [7, 11) is 0. The summed E-state index contributed by atoms with van der Waals surface area (Å²) in [6, 6.07) is 0. The number of cyclic esters (lactones) is 2. The average Bonchev–Trinajstić information content (AvgIpc) is 2.48. The third-order valence-corrected chi connectivity index (χ3v) is 2.68. The molecule has 0 radical (unpaired) electrons. The summed E-state index contributed by atoms with van der Waals surface area (Å²) in [5, 5.41) is 0. The molecule has 0 N–H and O–H groups in total. The van der Waals surface area contributed by atoms with Gasteiger partial charge in [-0.15, -0.1) is 0 Å². The molecule has 1 unspecified atom stereocenters. The van der Waals surface area contributed by atoms with Crippen LogP contribution in [-0.2, 0) is 28.6 Å². The van der Waals surface area contributed by atoms with Crippen LogP contribution in [0.5, 0.6) is 0 Å². The second-order valence-electron chi connectivity index (χ2n) is 4.51. The lowest BCUT2D eigenvalue weighted by Crippen LogP contribution is -2.15. The van der Waals surface area contributed by atoms with Gasteiger partial charge >= 0.3 is 17.9 Å². The van der Waals surface area contributed by atoms with Gasteiger partial charge in [-0.25, -0.2) is 4.79 Å². The van der Waals surface area contributed by atoms with E-state index in [1.54, 1.807) is 0 Å². The Bertz CT molecular complexity index is 314. The fraction of sp³-hybridized carbons (Fsp3) is 0.667. The van der Waals surface area contributed by atoms with Gasteiger partial charge < -0.3 is 14.2 Å². The van der Waals surface area contributed by atoms with E-state index in [9.17, 15) is 14.4 Å². The Morgan fingerprint density at radius 3 is 2.10 bits per heavy atom. The van der Waals surface area contributed by atoms with E-state index in [0.717, 1.165) is 6.42 Å². The maximum atomic E-state index is 10.8. The largest absolute Gasteiger partial charge is 0.462 e.